The predicted octanol–water partition coefficient (Wildman–Crippen LogP) is 1.31. The van der Waals surface area contributed by atoms with Crippen molar-refractivity contribution in [3.8, 4) is 5.75 Å². The van der Waals surface area contributed by atoms with E-state index in [1.165, 1.54) is 6.07 Å². The smallest absolute Gasteiger partial charge is 0.304 e. The number of ketones is 1. The van der Waals surface area contributed by atoms with Crippen molar-refractivity contribution >= 4 is 23.3 Å². The van der Waals surface area contributed by atoms with Crippen LogP contribution in [-0.4, -0.2) is 29.4 Å². The SMILES string of the molecule is CC(CC(=O)O)C(=O)c1ccc2c(c1)NC(=O)CO2. The molecule has 100 valence electrons. The number of hydrogen-bond donors (Lipinski definition) is 2. The average molecular weight is 263 g/mol. The standard InChI is InChI=1S/C13H13NO5/c1-7(4-12(16)17)13(18)8-2-3-10-9(5-8)14-11(15)6-19-10/h2-3,5,7H,4,6H2,1H3,(H,14,15)(H,16,17). The second-order valence-corrected chi connectivity index (χ2v) is 4.41. The Morgan fingerprint density at radius 3 is 2.89 bits per heavy atom. The zero-order chi connectivity index (χ0) is 14.0. The predicted molar refractivity (Wildman–Crippen MR) is 66.3 cm³/mol. The van der Waals surface area contributed by atoms with Crippen LogP contribution in [0.15, 0.2) is 18.2 Å². The molecule has 0 fully saturated rings. The Bertz CT molecular complexity index is 552. The molecule has 0 aliphatic carbocycles. The lowest BCUT2D eigenvalue weighted by atomic mass is 9.96. The minimum absolute atomic E-state index is 0.0459. The minimum atomic E-state index is -1.02. The molecule has 2 rings (SSSR count). The first-order chi connectivity index (χ1) is 8.97. The number of carbonyl (C=O) groups excluding carboxylic acids is 2. The number of rotatable bonds is 4. The molecular formula is C13H13NO5. The van der Waals surface area contributed by atoms with Crippen molar-refractivity contribution in [2.45, 2.75) is 13.3 Å². The van der Waals surface area contributed by atoms with Gasteiger partial charge >= 0.3 is 5.97 Å². The highest BCUT2D eigenvalue weighted by atomic mass is 16.5. The third-order valence-electron chi connectivity index (χ3n) is 2.83. The van der Waals surface area contributed by atoms with Crippen molar-refractivity contribution in [2.24, 2.45) is 5.92 Å². The molecule has 1 aliphatic rings. The van der Waals surface area contributed by atoms with Crippen LogP contribution in [0.1, 0.15) is 23.7 Å². The Balaban J connectivity index is 2.21. The monoisotopic (exact) mass is 263 g/mol. The number of carboxylic acid groups (broad SMARTS) is 1. The molecule has 1 aliphatic heterocycles. The Hall–Kier alpha value is -2.37. The Morgan fingerprint density at radius 2 is 2.21 bits per heavy atom. The Labute approximate surface area is 109 Å². The molecule has 0 saturated carbocycles. The van der Waals surface area contributed by atoms with Gasteiger partial charge in [0, 0.05) is 11.5 Å². The molecule has 1 aromatic rings. The normalized spacial score (nSPS) is 14.9. The molecular weight excluding hydrogens is 250 g/mol. The van der Waals surface area contributed by atoms with Crippen LogP contribution < -0.4 is 10.1 Å². The number of carbonyl (C=O) groups is 3. The van der Waals surface area contributed by atoms with E-state index in [0.717, 1.165) is 0 Å². The maximum Gasteiger partial charge on any atom is 0.304 e. The first-order valence-corrected chi connectivity index (χ1v) is 5.80. The van der Waals surface area contributed by atoms with Crippen LogP contribution in [0.25, 0.3) is 0 Å². The van der Waals surface area contributed by atoms with Gasteiger partial charge in [0.1, 0.15) is 5.75 Å². The van der Waals surface area contributed by atoms with Crippen LogP contribution in [0, 0.1) is 5.92 Å². The van der Waals surface area contributed by atoms with Crippen molar-refractivity contribution in [3.63, 3.8) is 0 Å². The van der Waals surface area contributed by atoms with E-state index in [2.05, 4.69) is 5.32 Å². The molecule has 0 saturated heterocycles. The van der Waals surface area contributed by atoms with Crippen LogP contribution in [0.4, 0.5) is 5.69 Å². The van der Waals surface area contributed by atoms with Crippen LogP contribution in [0.5, 0.6) is 5.75 Å². The number of benzene rings is 1. The maximum absolute atomic E-state index is 12.0. The van der Waals surface area contributed by atoms with E-state index in [-0.39, 0.29) is 24.7 Å². The van der Waals surface area contributed by atoms with Crippen molar-refractivity contribution < 1.29 is 24.2 Å². The molecule has 1 unspecified atom stereocenters. The third kappa shape index (κ3) is 2.90. The van der Waals surface area contributed by atoms with Gasteiger partial charge in [-0.05, 0) is 18.2 Å². The fourth-order valence-corrected chi connectivity index (χ4v) is 1.88. The van der Waals surface area contributed by atoms with Crippen molar-refractivity contribution in [2.75, 3.05) is 11.9 Å². The molecule has 0 radical (unpaired) electrons. The summed E-state index contributed by atoms with van der Waals surface area (Å²) in [5.74, 6) is -1.69. The van der Waals surface area contributed by atoms with E-state index in [9.17, 15) is 14.4 Å². The molecule has 1 atom stereocenters. The molecule has 1 heterocycles. The fourth-order valence-electron chi connectivity index (χ4n) is 1.88. The van der Waals surface area contributed by atoms with E-state index < -0.39 is 11.9 Å². The molecule has 0 bridgehead atoms. The number of ether oxygens (including phenoxy) is 1. The zero-order valence-electron chi connectivity index (χ0n) is 10.3. The number of fused-ring (bicyclic) bond motifs is 1. The van der Waals surface area contributed by atoms with Crippen molar-refractivity contribution in [3.05, 3.63) is 23.8 Å². The lowest BCUT2D eigenvalue weighted by Crippen LogP contribution is -2.25. The van der Waals surface area contributed by atoms with Crippen molar-refractivity contribution in [1.82, 2.24) is 0 Å². The van der Waals surface area contributed by atoms with Gasteiger partial charge in [-0.2, -0.15) is 0 Å². The van der Waals surface area contributed by atoms with Crippen LogP contribution in [0.2, 0.25) is 0 Å². The van der Waals surface area contributed by atoms with Crippen LogP contribution >= 0.6 is 0 Å². The lowest BCUT2D eigenvalue weighted by Gasteiger charge is -2.18. The highest BCUT2D eigenvalue weighted by molar-refractivity contribution is 6.02. The molecule has 6 heteroatoms. The second-order valence-electron chi connectivity index (χ2n) is 4.41. The highest BCUT2D eigenvalue weighted by Crippen LogP contribution is 2.29. The summed E-state index contributed by atoms with van der Waals surface area (Å²) in [6, 6.07) is 4.67. The number of hydrogen-bond acceptors (Lipinski definition) is 4. The maximum atomic E-state index is 12.0. The first kappa shape index (κ1) is 13.1. The summed E-state index contributed by atoms with van der Waals surface area (Å²) in [6.45, 7) is 1.51. The molecule has 0 spiro atoms. The largest absolute Gasteiger partial charge is 0.482 e. The van der Waals surface area contributed by atoms with E-state index >= 15 is 0 Å². The van der Waals surface area contributed by atoms with Gasteiger partial charge in [0.25, 0.3) is 5.91 Å². The Kier molecular flexibility index (Phi) is 3.50. The van der Waals surface area contributed by atoms with E-state index in [4.69, 9.17) is 9.84 Å². The van der Waals surface area contributed by atoms with Gasteiger partial charge in [-0.3, -0.25) is 14.4 Å². The number of amides is 1. The van der Waals surface area contributed by atoms with E-state index in [1.54, 1.807) is 19.1 Å². The van der Waals surface area contributed by atoms with Gasteiger partial charge in [-0.1, -0.05) is 6.92 Å². The fraction of sp³-hybridized carbons (Fsp3) is 0.308. The molecule has 6 nitrogen and oxygen atoms in total. The topological polar surface area (TPSA) is 92.7 Å². The number of Topliss-reactive ketones (excluding diaryl/α,β-unsaturated/α-hetero) is 1. The minimum Gasteiger partial charge on any atom is -0.482 e. The van der Waals surface area contributed by atoms with Gasteiger partial charge in [-0.25, -0.2) is 0 Å². The number of anilines is 1. The lowest BCUT2D eigenvalue weighted by molar-refractivity contribution is -0.137. The van der Waals surface area contributed by atoms with Crippen LogP contribution in [-0.2, 0) is 9.59 Å². The average Bonchev–Trinajstić information content (AvgIpc) is 2.36. The molecule has 2 N–H and O–H groups in total. The van der Waals surface area contributed by atoms with Gasteiger partial charge in [-0.15, -0.1) is 0 Å². The number of carboxylic acids is 1. The van der Waals surface area contributed by atoms with Gasteiger partial charge < -0.3 is 15.2 Å². The molecule has 1 aromatic carbocycles. The Morgan fingerprint density at radius 1 is 1.47 bits per heavy atom. The molecule has 1 amide bonds. The second kappa shape index (κ2) is 5.09. The van der Waals surface area contributed by atoms with Crippen LogP contribution in [0.3, 0.4) is 0 Å². The number of nitrogens with one attached hydrogen (secondary N) is 1. The quantitative estimate of drug-likeness (QED) is 0.799. The summed E-state index contributed by atoms with van der Waals surface area (Å²) in [5, 5.41) is 11.3. The van der Waals surface area contributed by atoms with E-state index in [0.29, 0.717) is 17.0 Å². The third-order valence-corrected chi connectivity index (χ3v) is 2.83. The zero-order valence-corrected chi connectivity index (χ0v) is 10.3. The van der Waals surface area contributed by atoms with Gasteiger partial charge in [0.05, 0.1) is 12.1 Å². The van der Waals surface area contributed by atoms with Gasteiger partial charge in [0.15, 0.2) is 12.4 Å². The summed E-state index contributed by atoms with van der Waals surface area (Å²) in [6.07, 6.45) is -0.223. The summed E-state index contributed by atoms with van der Waals surface area (Å²) >= 11 is 0. The summed E-state index contributed by atoms with van der Waals surface area (Å²) < 4.78 is 5.18. The van der Waals surface area contributed by atoms with Crippen molar-refractivity contribution in [1.29, 1.82) is 0 Å². The molecule has 0 aromatic heterocycles. The summed E-state index contributed by atoms with van der Waals surface area (Å²) in [4.78, 5) is 33.8. The first-order valence-electron chi connectivity index (χ1n) is 5.80. The summed E-state index contributed by atoms with van der Waals surface area (Å²) in [5.41, 5.74) is 0.794. The van der Waals surface area contributed by atoms with E-state index in [1.807, 2.05) is 0 Å². The number of aliphatic carboxylic acids is 1. The highest BCUT2D eigenvalue weighted by Gasteiger charge is 2.21. The molecule has 19 heavy (non-hydrogen) atoms. The summed E-state index contributed by atoms with van der Waals surface area (Å²) in [7, 11) is 0. The van der Waals surface area contributed by atoms with Gasteiger partial charge in [0.2, 0.25) is 0 Å².